The molecule has 1 aromatic carbocycles. The molecule has 0 saturated carbocycles. The number of carbonyl (C=O) groups is 1. The monoisotopic (exact) mass is 445 g/mol. The van der Waals surface area contributed by atoms with E-state index in [-0.39, 0.29) is 42.9 Å². The fourth-order valence-electron chi connectivity index (χ4n) is 3.30. The van der Waals surface area contributed by atoms with Crippen molar-refractivity contribution in [2.45, 2.75) is 37.8 Å². The van der Waals surface area contributed by atoms with Crippen molar-refractivity contribution in [2.75, 3.05) is 26.2 Å². The highest BCUT2D eigenvalue weighted by molar-refractivity contribution is 7.89. The third-order valence-corrected chi connectivity index (χ3v) is 6.89. The van der Waals surface area contributed by atoms with Crippen LogP contribution >= 0.6 is 0 Å². The molecule has 0 N–H and O–H groups in total. The van der Waals surface area contributed by atoms with E-state index in [9.17, 15) is 26.4 Å². The minimum absolute atomic E-state index is 0.0357. The average Bonchev–Trinajstić information content (AvgIpc) is 3.08. The molecule has 3 rings (SSSR count). The van der Waals surface area contributed by atoms with Crippen LogP contribution in [0.3, 0.4) is 0 Å². The van der Waals surface area contributed by atoms with Crippen LogP contribution in [0.25, 0.3) is 0 Å². The first-order valence-corrected chi connectivity index (χ1v) is 10.8. The first-order valence-electron chi connectivity index (χ1n) is 9.35. The van der Waals surface area contributed by atoms with Crippen LogP contribution in [-0.2, 0) is 16.2 Å². The molecule has 1 saturated heterocycles. The molecule has 1 fully saturated rings. The summed E-state index contributed by atoms with van der Waals surface area (Å²) < 4.78 is 70.1. The van der Waals surface area contributed by atoms with Crippen molar-refractivity contribution in [3.8, 4) is 0 Å². The average molecular weight is 445 g/mol. The van der Waals surface area contributed by atoms with Crippen LogP contribution in [0.1, 0.15) is 47.1 Å². The zero-order chi connectivity index (χ0) is 22.3. The summed E-state index contributed by atoms with van der Waals surface area (Å²) >= 11 is 0. The molecule has 0 radical (unpaired) electrons. The van der Waals surface area contributed by atoms with Crippen molar-refractivity contribution in [3.05, 3.63) is 46.8 Å². The van der Waals surface area contributed by atoms with Crippen LogP contribution in [0.5, 0.6) is 0 Å². The summed E-state index contributed by atoms with van der Waals surface area (Å²) in [5, 5.41) is 3.86. The number of halogens is 3. The Kier molecular flexibility index (Phi) is 5.96. The van der Waals surface area contributed by atoms with Crippen LogP contribution < -0.4 is 0 Å². The van der Waals surface area contributed by atoms with Crippen LogP contribution in [0.4, 0.5) is 13.2 Å². The smallest absolute Gasteiger partial charge is 0.360 e. The number of carbonyl (C=O) groups excluding carboxylic acids is 1. The van der Waals surface area contributed by atoms with E-state index in [1.165, 1.54) is 9.21 Å². The molecule has 2 heterocycles. The number of sulfonamides is 1. The molecular formula is C19H22F3N3O4S. The number of alkyl halides is 3. The summed E-state index contributed by atoms with van der Waals surface area (Å²) in [5.74, 6) is 0.174. The van der Waals surface area contributed by atoms with Crippen molar-refractivity contribution in [3.63, 3.8) is 0 Å². The Labute approximate surface area is 172 Å². The summed E-state index contributed by atoms with van der Waals surface area (Å²) in [6.45, 7) is 5.82. The normalized spacial score (nSPS) is 16.3. The molecular weight excluding hydrogens is 423 g/mol. The summed E-state index contributed by atoms with van der Waals surface area (Å²) in [7, 11) is -3.96. The molecule has 11 heteroatoms. The van der Waals surface area contributed by atoms with Gasteiger partial charge in [-0.05, 0) is 31.2 Å². The maximum atomic E-state index is 12.9. The second-order valence-electron chi connectivity index (χ2n) is 7.38. The number of amides is 1. The Morgan fingerprint density at radius 1 is 1.10 bits per heavy atom. The number of hydrogen-bond donors (Lipinski definition) is 0. The van der Waals surface area contributed by atoms with E-state index >= 15 is 0 Å². The lowest BCUT2D eigenvalue weighted by Gasteiger charge is -2.34. The van der Waals surface area contributed by atoms with E-state index in [1.54, 1.807) is 6.92 Å². The van der Waals surface area contributed by atoms with Crippen molar-refractivity contribution >= 4 is 15.9 Å². The van der Waals surface area contributed by atoms with E-state index < -0.39 is 21.8 Å². The van der Waals surface area contributed by atoms with Gasteiger partial charge in [-0.15, -0.1) is 0 Å². The molecule has 164 valence electrons. The zero-order valence-electron chi connectivity index (χ0n) is 16.7. The SMILES string of the molecule is Cc1noc(C(C)C)c1C(=O)N1CCN(S(=O)(=O)c2ccc(C(F)(F)F)cc2)CC1. The van der Waals surface area contributed by atoms with Gasteiger partial charge in [-0.3, -0.25) is 4.79 Å². The van der Waals surface area contributed by atoms with Gasteiger partial charge < -0.3 is 9.42 Å². The summed E-state index contributed by atoms with van der Waals surface area (Å²) in [6.07, 6.45) is -4.54. The minimum atomic E-state index is -4.54. The first-order chi connectivity index (χ1) is 13.9. The van der Waals surface area contributed by atoms with Crippen LogP contribution in [0.15, 0.2) is 33.7 Å². The Morgan fingerprint density at radius 2 is 1.67 bits per heavy atom. The van der Waals surface area contributed by atoms with Gasteiger partial charge in [-0.1, -0.05) is 19.0 Å². The molecule has 1 aliphatic rings. The molecule has 7 nitrogen and oxygen atoms in total. The van der Waals surface area contributed by atoms with Gasteiger partial charge in [-0.25, -0.2) is 8.42 Å². The fourth-order valence-corrected chi connectivity index (χ4v) is 4.72. The molecule has 0 atom stereocenters. The molecule has 0 bridgehead atoms. The van der Waals surface area contributed by atoms with Crippen LogP contribution in [0.2, 0.25) is 0 Å². The van der Waals surface area contributed by atoms with Gasteiger partial charge in [-0.2, -0.15) is 17.5 Å². The van der Waals surface area contributed by atoms with E-state index in [0.29, 0.717) is 17.0 Å². The highest BCUT2D eigenvalue weighted by atomic mass is 32.2. The van der Waals surface area contributed by atoms with E-state index in [2.05, 4.69) is 5.16 Å². The van der Waals surface area contributed by atoms with Crippen molar-refractivity contribution < 1.29 is 30.9 Å². The largest absolute Gasteiger partial charge is 0.416 e. The standard InChI is InChI=1S/C19H22F3N3O4S/c1-12(2)17-16(13(3)23-29-17)18(26)24-8-10-25(11-9-24)30(27,28)15-6-4-14(5-7-15)19(20,21)22/h4-7,12H,8-11H2,1-3H3. The van der Waals surface area contributed by atoms with Crippen LogP contribution in [0, 0.1) is 6.92 Å². The van der Waals surface area contributed by atoms with E-state index in [0.717, 1.165) is 24.3 Å². The Bertz CT molecular complexity index is 1020. The lowest BCUT2D eigenvalue weighted by Crippen LogP contribution is -2.50. The van der Waals surface area contributed by atoms with Gasteiger partial charge >= 0.3 is 6.18 Å². The molecule has 1 aliphatic heterocycles. The second kappa shape index (κ2) is 8.03. The predicted octanol–water partition coefficient (Wildman–Crippen LogP) is 3.27. The number of aryl methyl sites for hydroxylation is 1. The van der Waals surface area contributed by atoms with Crippen molar-refractivity contribution in [1.82, 2.24) is 14.4 Å². The number of piperazine rings is 1. The van der Waals surface area contributed by atoms with Gasteiger partial charge in [0.05, 0.1) is 16.2 Å². The fraction of sp³-hybridized carbons (Fsp3) is 0.474. The Hall–Kier alpha value is -2.40. The topological polar surface area (TPSA) is 83.7 Å². The molecule has 0 aliphatic carbocycles. The number of nitrogens with zero attached hydrogens (tertiary/aromatic N) is 3. The highest BCUT2D eigenvalue weighted by Gasteiger charge is 2.34. The Morgan fingerprint density at radius 3 is 2.17 bits per heavy atom. The van der Waals surface area contributed by atoms with Gasteiger partial charge in [0, 0.05) is 32.1 Å². The quantitative estimate of drug-likeness (QED) is 0.721. The third kappa shape index (κ3) is 4.22. The molecule has 2 aromatic rings. The third-order valence-electron chi connectivity index (χ3n) is 4.97. The molecule has 1 aromatic heterocycles. The van der Waals surface area contributed by atoms with E-state index in [4.69, 9.17) is 4.52 Å². The molecule has 1 amide bonds. The number of benzene rings is 1. The Balaban J connectivity index is 1.72. The van der Waals surface area contributed by atoms with Crippen LogP contribution in [-0.4, -0.2) is 54.9 Å². The maximum absolute atomic E-state index is 12.9. The lowest BCUT2D eigenvalue weighted by atomic mass is 10.0. The minimum Gasteiger partial charge on any atom is -0.360 e. The molecule has 0 spiro atoms. The number of hydrogen-bond acceptors (Lipinski definition) is 5. The first kappa shape index (κ1) is 22.3. The summed E-state index contributed by atoms with van der Waals surface area (Å²) in [4.78, 5) is 14.2. The highest BCUT2D eigenvalue weighted by Crippen LogP contribution is 2.30. The van der Waals surface area contributed by atoms with Crippen molar-refractivity contribution in [1.29, 1.82) is 0 Å². The van der Waals surface area contributed by atoms with E-state index in [1.807, 2.05) is 13.8 Å². The summed E-state index contributed by atoms with van der Waals surface area (Å²) in [5.41, 5.74) is -0.0468. The molecule has 0 unspecified atom stereocenters. The number of aromatic nitrogens is 1. The molecule has 30 heavy (non-hydrogen) atoms. The maximum Gasteiger partial charge on any atom is 0.416 e. The number of rotatable bonds is 4. The van der Waals surface area contributed by atoms with Gasteiger partial charge in [0.15, 0.2) is 5.76 Å². The lowest BCUT2D eigenvalue weighted by molar-refractivity contribution is -0.137. The zero-order valence-corrected chi connectivity index (χ0v) is 17.5. The second-order valence-corrected chi connectivity index (χ2v) is 9.32. The predicted molar refractivity (Wildman–Crippen MR) is 101 cm³/mol. The van der Waals surface area contributed by atoms with Gasteiger partial charge in [0.1, 0.15) is 5.56 Å². The summed E-state index contributed by atoms with van der Waals surface area (Å²) in [6, 6.07) is 3.39. The van der Waals surface area contributed by atoms with Crippen molar-refractivity contribution in [2.24, 2.45) is 0 Å². The van der Waals surface area contributed by atoms with Gasteiger partial charge in [0.25, 0.3) is 5.91 Å². The van der Waals surface area contributed by atoms with Gasteiger partial charge in [0.2, 0.25) is 10.0 Å².